The van der Waals surface area contributed by atoms with Gasteiger partial charge in [0, 0.05) is 18.3 Å². The second kappa shape index (κ2) is 8.67. The Morgan fingerprint density at radius 1 is 1.23 bits per heavy atom. The van der Waals surface area contributed by atoms with E-state index in [9.17, 15) is 17.6 Å². The molecule has 1 fully saturated rings. The number of alkyl halides is 4. The molecule has 8 nitrogen and oxygen atoms in total. The predicted molar refractivity (Wildman–Crippen MR) is 123 cm³/mol. The summed E-state index contributed by atoms with van der Waals surface area (Å²) in [5, 5.41) is 7.16. The number of ether oxygens (including phenoxy) is 1. The number of fused-ring (bicyclic) bond motifs is 2. The van der Waals surface area contributed by atoms with Crippen LogP contribution in [0, 0.1) is 6.92 Å². The third-order valence-corrected chi connectivity index (χ3v) is 6.34. The van der Waals surface area contributed by atoms with Crippen molar-refractivity contribution < 1.29 is 22.3 Å². The summed E-state index contributed by atoms with van der Waals surface area (Å²) in [6, 6.07) is 6.09. The topological polar surface area (TPSA) is 72.5 Å². The van der Waals surface area contributed by atoms with Gasteiger partial charge < -0.3 is 19.5 Å². The van der Waals surface area contributed by atoms with E-state index in [4.69, 9.17) is 4.74 Å². The number of rotatable bonds is 6. The summed E-state index contributed by atoms with van der Waals surface area (Å²) in [7, 11) is 3.10. The molecule has 4 aromatic rings. The first-order valence-corrected chi connectivity index (χ1v) is 11.2. The number of benzene rings is 1. The summed E-state index contributed by atoms with van der Waals surface area (Å²) in [5.41, 5.74) is 3.18. The maximum Gasteiger partial charge on any atom is 0.280 e. The molecule has 12 heteroatoms. The Labute approximate surface area is 198 Å². The largest absolute Gasteiger partial charge is 0.479 e. The Morgan fingerprint density at radius 2 is 2.03 bits per heavy atom. The van der Waals surface area contributed by atoms with Crippen LogP contribution in [0.15, 0.2) is 30.5 Å². The number of hydrogen-bond donors (Lipinski definition) is 1. The molecular weight excluding hydrogens is 466 g/mol. The van der Waals surface area contributed by atoms with Crippen LogP contribution < -0.4 is 10.1 Å². The zero-order valence-corrected chi connectivity index (χ0v) is 19.5. The van der Waals surface area contributed by atoms with Crippen molar-refractivity contribution >= 4 is 22.5 Å². The quantitative estimate of drug-likeness (QED) is 0.410. The number of likely N-dealkylation sites (tertiary alicyclic amines) is 1. The molecular formula is C23H25F4N7O. The van der Waals surface area contributed by atoms with Crippen molar-refractivity contribution in [3.8, 4) is 17.0 Å². The van der Waals surface area contributed by atoms with Crippen molar-refractivity contribution in [3.63, 3.8) is 0 Å². The van der Waals surface area contributed by atoms with Crippen molar-refractivity contribution in [2.45, 2.75) is 38.3 Å². The lowest BCUT2D eigenvalue weighted by Gasteiger charge is -2.36. The van der Waals surface area contributed by atoms with Crippen LogP contribution >= 0.6 is 0 Å². The number of nitrogens with zero attached hydrogens (tertiary/aromatic N) is 6. The standard InChI is InChI=1S/C23H25F4N7O/c1-13-28-16-5-4-14(10-17(16)33(13)11-19(24)25)15-6-9-34-20(15)21(35-3)30-22(31-34)29-18-7-8-32(2)12-23(18,26)27/h4-6,9-10,18-19H,7-8,11-12H2,1-3H3,(H,29,31). The summed E-state index contributed by atoms with van der Waals surface area (Å²) in [6.45, 7) is 1.42. The van der Waals surface area contributed by atoms with Gasteiger partial charge in [0.05, 0.1) is 37.3 Å². The minimum atomic E-state index is -2.94. The monoisotopic (exact) mass is 491 g/mol. The van der Waals surface area contributed by atoms with E-state index < -0.39 is 24.9 Å². The van der Waals surface area contributed by atoms with Gasteiger partial charge in [0.15, 0.2) is 0 Å². The maximum absolute atomic E-state index is 14.5. The smallest absolute Gasteiger partial charge is 0.280 e. The van der Waals surface area contributed by atoms with Gasteiger partial charge in [-0.1, -0.05) is 6.07 Å². The summed E-state index contributed by atoms with van der Waals surface area (Å²) in [6.07, 6.45) is -0.587. The Kier molecular flexibility index (Phi) is 5.78. The van der Waals surface area contributed by atoms with E-state index >= 15 is 0 Å². The minimum Gasteiger partial charge on any atom is -0.479 e. The molecule has 186 valence electrons. The minimum absolute atomic E-state index is 0.0341. The molecule has 5 rings (SSSR count). The van der Waals surface area contributed by atoms with Crippen LogP contribution in [-0.2, 0) is 6.54 Å². The van der Waals surface area contributed by atoms with Crippen molar-refractivity contribution in [3.05, 3.63) is 36.3 Å². The van der Waals surface area contributed by atoms with Crippen molar-refractivity contribution in [1.82, 2.24) is 29.0 Å². The normalized spacial score (nSPS) is 18.6. The van der Waals surface area contributed by atoms with Gasteiger partial charge in [0.2, 0.25) is 11.8 Å². The second-order valence-corrected chi connectivity index (χ2v) is 8.82. The Balaban J connectivity index is 1.54. The Morgan fingerprint density at radius 3 is 2.74 bits per heavy atom. The van der Waals surface area contributed by atoms with Crippen LogP contribution in [0.1, 0.15) is 12.2 Å². The van der Waals surface area contributed by atoms with Gasteiger partial charge in [-0.3, -0.25) is 0 Å². The van der Waals surface area contributed by atoms with E-state index in [2.05, 4.69) is 20.4 Å². The van der Waals surface area contributed by atoms with Gasteiger partial charge in [-0.05, 0) is 44.2 Å². The van der Waals surface area contributed by atoms with E-state index in [0.29, 0.717) is 34.5 Å². The molecule has 1 saturated heterocycles. The number of imidazole rings is 1. The summed E-state index contributed by atoms with van der Waals surface area (Å²) in [4.78, 5) is 10.3. The predicted octanol–water partition coefficient (Wildman–Crippen LogP) is 4.08. The SMILES string of the molecule is COc1nc(NC2CCN(C)CC2(F)F)nn2ccc(-c3ccc4nc(C)n(CC(F)F)c4c3)c12. The molecule has 1 atom stereocenters. The van der Waals surface area contributed by atoms with Crippen LogP contribution in [0.2, 0.25) is 0 Å². The number of methoxy groups -OCH3 is 1. The number of nitrogens with one attached hydrogen (secondary N) is 1. The number of anilines is 1. The van der Waals surface area contributed by atoms with Gasteiger partial charge >= 0.3 is 0 Å². The molecule has 0 bridgehead atoms. The lowest BCUT2D eigenvalue weighted by molar-refractivity contribution is -0.0675. The Hall–Kier alpha value is -3.41. The summed E-state index contributed by atoms with van der Waals surface area (Å²) >= 11 is 0. The second-order valence-electron chi connectivity index (χ2n) is 8.82. The van der Waals surface area contributed by atoms with Crippen molar-refractivity contribution in [2.24, 2.45) is 0 Å². The number of aryl methyl sites for hydroxylation is 1. The van der Waals surface area contributed by atoms with Crippen molar-refractivity contribution in [1.29, 1.82) is 0 Å². The fraction of sp³-hybridized carbons (Fsp3) is 0.435. The van der Waals surface area contributed by atoms with E-state index in [-0.39, 0.29) is 24.8 Å². The highest BCUT2D eigenvalue weighted by Gasteiger charge is 2.44. The first-order chi connectivity index (χ1) is 16.7. The fourth-order valence-electron chi connectivity index (χ4n) is 4.65. The molecule has 0 aliphatic carbocycles. The van der Waals surface area contributed by atoms with Crippen LogP contribution in [0.25, 0.3) is 27.7 Å². The van der Waals surface area contributed by atoms with Gasteiger partial charge in [0.25, 0.3) is 12.3 Å². The van der Waals surface area contributed by atoms with Crippen LogP contribution in [0.3, 0.4) is 0 Å². The number of halogens is 4. The zero-order valence-electron chi connectivity index (χ0n) is 19.5. The molecule has 35 heavy (non-hydrogen) atoms. The van der Waals surface area contributed by atoms with Gasteiger partial charge in [0.1, 0.15) is 11.3 Å². The molecule has 1 N–H and O–H groups in total. The fourth-order valence-corrected chi connectivity index (χ4v) is 4.65. The van der Waals surface area contributed by atoms with Gasteiger partial charge in [-0.2, -0.15) is 4.98 Å². The van der Waals surface area contributed by atoms with E-state index in [1.165, 1.54) is 16.2 Å². The number of aromatic nitrogens is 5. The number of piperidine rings is 1. The lowest BCUT2D eigenvalue weighted by atomic mass is 10.0. The highest BCUT2D eigenvalue weighted by Crippen LogP contribution is 2.34. The van der Waals surface area contributed by atoms with E-state index in [1.807, 2.05) is 6.07 Å². The molecule has 1 aromatic carbocycles. The lowest BCUT2D eigenvalue weighted by Crippen LogP contribution is -2.53. The van der Waals surface area contributed by atoms with Crippen molar-refractivity contribution in [2.75, 3.05) is 32.6 Å². The molecule has 0 radical (unpaired) electrons. The van der Waals surface area contributed by atoms with E-state index in [1.54, 1.807) is 43.3 Å². The van der Waals surface area contributed by atoms with E-state index in [0.717, 1.165) is 5.56 Å². The highest BCUT2D eigenvalue weighted by molar-refractivity contribution is 5.89. The first-order valence-electron chi connectivity index (χ1n) is 11.2. The first kappa shape index (κ1) is 23.3. The highest BCUT2D eigenvalue weighted by atomic mass is 19.3. The maximum atomic E-state index is 14.5. The molecule has 0 saturated carbocycles. The number of hydrogen-bond acceptors (Lipinski definition) is 6. The van der Waals surface area contributed by atoms with Gasteiger partial charge in [-0.15, -0.1) is 5.10 Å². The molecule has 1 aliphatic heterocycles. The molecule has 3 aromatic heterocycles. The zero-order chi connectivity index (χ0) is 24.9. The Bertz CT molecular complexity index is 1380. The summed E-state index contributed by atoms with van der Waals surface area (Å²) in [5.74, 6) is -2.20. The molecule has 1 unspecified atom stereocenters. The molecule has 0 spiro atoms. The molecule has 1 aliphatic rings. The van der Waals surface area contributed by atoms with Gasteiger partial charge in [-0.25, -0.2) is 27.1 Å². The third-order valence-electron chi connectivity index (χ3n) is 6.34. The van der Waals surface area contributed by atoms with Crippen LogP contribution in [0.5, 0.6) is 5.88 Å². The van der Waals surface area contributed by atoms with Crippen LogP contribution in [0.4, 0.5) is 23.5 Å². The molecule has 4 heterocycles. The third kappa shape index (κ3) is 4.26. The van der Waals surface area contributed by atoms with Crippen LogP contribution in [-0.4, -0.2) is 74.7 Å². The average Bonchev–Trinajstić information content (AvgIpc) is 3.35. The molecule has 0 amide bonds. The summed E-state index contributed by atoms with van der Waals surface area (Å²) < 4.78 is 63.8. The average molecular weight is 491 g/mol.